The number of carbonyl (C=O) groups excluding carboxylic acids is 1. The normalized spacial score (nSPS) is 18.2. The van der Waals surface area contributed by atoms with Crippen LogP contribution in [0.4, 0.5) is 11.4 Å². The van der Waals surface area contributed by atoms with Crippen molar-refractivity contribution in [1.82, 2.24) is 4.81 Å². The fourth-order valence-corrected chi connectivity index (χ4v) is 2.35. The first-order chi connectivity index (χ1) is 9.52. The van der Waals surface area contributed by atoms with Gasteiger partial charge in [-0.1, -0.05) is 0 Å². The molecule has 1 saturated heterocycles. The Morgan fingerprint density at radius 1 is 1.65 bits per heavy atom. The third-order valence-electron chi connectivity index (χ3n) is 3.67. The van der Waals surface area contributed by atoms with E-state index < -0.39 is 7.05 Å². The maximum atomic E-state index is 11.5. The summed E-state index contributed by atoms with van der Waals surface area (Å²) in [5, 5.41) is 12.8. The van der Waals surface area contributed by atoms with Gasteiger partial charge >= 0.3 is 13.0 Å². The number of esters is 1. The highest BCUT2D eigenvalue weighted by atomic mass is 16.5. The van der Waals surface area contributed by atoms with E-state index in [0.717, 1.165) is 13.0 Å². The summed E-state index contributed by atoms with van der Waals surface area (Å²) in [6, 6.07) is 5.29. The number of nitrogens with one attached hydrogen (secondary N) is 1. The van der Waals surface area contributed by atoms with E-state index in [0.29, 0.717) is 23.5 Å². The molecule has 1 aromatic carbocycles. The predicted octanol–water partition coefficient (Wildman–Crippen LogP) is 0.652. The van der Waals surface area contributed by atoms with Crippen molar-refractivity contribution in [2.75, 3.05) is 31.2 Å². The molecule has 1 aliphatic heterocycles. The molecule has 108 valence electrons. The van der Waals surface area contributed by atoms with Crippen molar-refractivity contribution in [2.45, 2.75) is 19.3 Å². The van der Waals surface area contributed by atoms with Gasteiger partial charge in [0, 0.05) is 12.6 Å². The van der Waals surface area contributed by atoms with Crippen LogP contribution in [0.2, 0.25) is 6.82 Å². The van der Waals surface area contributed by atoms with Gasteiger partial charge in [0.15, 0.2) is 0 Å². The molecule has 0 unspecified atom stereocenters. The highest BCUT2D eigenvalue weighted by Gasteiger charge is 2.32. The molecule has 1 fully saturated rings. The number of ether oxygens (including phenoxy) is 1. The molecule has 0 bridgehead atoms. The van der Waals surface area contributed by atoms with Crippen LogP contribution in [0.5, 0.6) is 0 Å². The molecule has 0 amide bonds. The van der Waals surface area contributed by atoms with Crippen molar-refractivity contribution in [1.29, 1.82) is 0 Å². The van der Waals surface area contributed by atoms with Crippen molar-refractivity contribution in [3.8, 4) is 0 Å². The zero-order chi connectivity index (χ0) is 14.7. The van der Waals surface area contributed by atoms with E-state index in [9.17, 15) is 9.82 Å². The van der Waals surface area contributed by atoms with Crippen LogP contribution in [-0.4, -0.2) is 49.1 Å². The minimum atomic E-state index is -0.436. The number of hydrogen-bond acceptors (Lipinski definition) is 6. The van der Waals surface area contributed by atoms with E-state index in [1.165, 1.54) is 7.11 Å². The molecule has 4 N–H and O–H groups in total. The summed E-state index contributed by atoms with van der Waals surface area (Å²) in [4.78, 5) is 13.5. The molecule has 6 nitrogen and oxygen atoms in total. The largest absolute Gasteiger partial charge is 0.465 e. The van der Waals surface area contributed by atoms with Crippen LogP contribution in [0.25, 0.3) is 0 Å². The number of methoxy groups -OCH3 is 1. The molecule has 0 spiro atoms. The number of rotatable bonds is 5. The van der Waals surface area contributed by atoms with Gasteiger partial charge < -0.3 is 25.6 Å². The molecule has 1 aliphatic rings. The molecule has 1 atom stereocenters. The van der Waals surface area contributed by atoms with Crippen LogP contribution in [0.1, 0.15) is 16.8 Å². The van der Waals surface area contributed by atoms with Gasteiger partial charge in [0.1, 0.15) is 0 Å². The molecule has 0 saturated carbocycles. The Hall–Kier alpha value is -1.73. The average molecular weight is 277 g/mol. The Bertz CT molecular complexity index is 496. The second-order valence-electron chi connectivity index (χ2n) is 4.99. The Morgan fingerprint density at radius 3 is 2.95 bits per heavy atom. The molecule has 0 radical (unpaired) electrons. The highest BCUT2D eigenvalue weighted by molar-refractivity contribution is 6.45. The van der Waals surface area contributed by atoms with Gasteiger partial charge in [-0.3, -0.25) is 0 Å². The first-order valence-corrected chi connectivity index (χ1v) is 6.68. The zero-order valence-corrected chi connectivity index (χ0v) is 11.8. The number of carbonyl (C=O) groups is 1. The maximum Gasteiger partial charge on any atom is 0.376 e. The third-order valence-corrected chi connectivity index (χ3v) is 3.67. The smallest absolute Gasteiger partial charge is 0.376 e. The molecular formula is C13H20BN3O3. The van der Waals surface area contributed by atoms with Gasteiger partial charge in [-0.25, -0.2) is 4.79 Å². The van der Waals surface area contributed by atoms with Gasteiger partial charge in [-0.05, 0) is 38.0 Å². The van der Waals surface area contributed by atoms with E-state index in [4.69, 9.17) is 5.73 Å². The second-order valence-corrected chi connectivity index (χ2v) is 4.99. The molecule has 0 aromatic heterocycles. The molecule has 7 heteroatoms. The van der Waals surface area contributed by atoms with Crippen LogP contribution >= 0.6 is 0 Å². The lowest BCUT2D eigenvalue weighted by Crippen LogP contribution is -2.57. The van der Waals surface area contributed by atoms with Crippen molar-refractivity contribution in [3.63, 3.8) is 0 Å². The van der Waals surface area contributed by atoms with E-state index in [-0.39, 0.29) is 12.0 Å². The summed E-state index contributed by atoms with van der Waals surface area (Å²) in [5.74, 6) is -0.387. The number of nitrogen functional groups attached to an aromatic ring is 1. The van der Waals surface area contributed by atoms with Crippen LogP contribution in [-0.2, 0) is 4.74 Å². The monoisotopic (exact) mass is 277 g/mol. The maximum absolute atomic E-state index is 11.5. The van der Waals surface area contributed by atoms with Crippen molar-refractivity contribution in [2.24, 2.45) is 0 Å². The SMILES string of the molecule is COC(=O)c1ccc(N)c(NC[C@H]2CCN2B(C)O)c1. The summed E-state index contributed by atoms with van der Waals surface area (Å²) in [5.41, 5.74) is 7.65. The molecule has 1 heterocycles. The summed E-state index contributed by atoms with van der Waals surface area (Å²) in [6.07, 6.45) is 1.04. The van der Waals surface area contributed by atoms with E-state index >= 15 is 0 Å². The van der Waals surface area contributed by atoms with Gasteiger partial charge in [0.25, 0.3) is 0 Å². The number of benzene rings is 1. The number of nitrogens with zero attached hydrogens (tertiary/aromatic N) is 1. The molecule has 1 aromatic rings. The van der Waals surface area contributed by atoms with E-state index in [1.54, 1.807) is 25.0 Å². The number of anilines is 2. The fourth-order valence-electron chi connectivity index (χ4n) is 2.35. The lowest BCUT2D eigenvalue weighted by atomic mass is 9.78. The van der Waals surface area contributed by atoms with Crippen LogP contribution in [0.3, 0.4) is 0 Å². The third kappa shape index (κ3) is 3.05. The standard InChI is InChI=1S/C13H20BN3O3/c1-14(19)17-6-5-10(17)8-16-12-7-9(13(18)20-2)3-4-11(12)15/h3-4,7,10,16,19H,5-6,8,15H2,1-2H3/t10-/m1/s1. The fraction of sp³-hybridized carbons (Fsp3) is 0.462. The van der Waals surface area contributed by atoms with Gasteiger partial charge in [-0.15, -0.1) is 0 Å². The van der Waals surface area contributed by atoms with Gasteiger partial charge in [0.05, 0.1) is 24.0 Å². The minimum Gasteiger partial charge on any atom is -0.465 e. The number of hydrogen-bond donors (Lipinski definition) is 3. The first kappa shape index (κ1) is 14.7. The average Bonchev–Trinajstić information content (AvgIpc) is 2.38. The van der Waals surface area contributed by atoms with Crippen molar-refractivity contribution < 1.29 is 14.6 Å². The lowest BCUT2D eigenvalue weighted by Gasteiger charge is -2.42. The summed E-state index contributed by atoms with van der Waals surface area (Å²) in [7, 11) is 0.912. The summed E-state index contributed by atoms with van der Waals surface area (Å²) < 4.78 is 4.69. The first-order valence-electron chi connectivity index (χ1n) is 6.68. The molecular weight excluding hydrogens is 257 g/mol. The Kier molecular flexibility index (Phi) is 4.51. The van der Waals surface area contributed by atoms with Crippen molar-refractivity contribution >= 4 is 24.4 Å². The predicted molar refractivity (Wildman–Crippen MR) is 79.6 cm³/mol. The topological polar surface area (TPSA) is 87.8 Å². The summed E-state index contributed by atoms with van der Waals surface area (Å²) in [6.45, 7) is 3.35. The minimum absolute atomic E-state index is 0.288. The van der Waals surface area contributed by atoms with Crippen LogP contribution in [0, 0.1) is 0 Å². The lowest BCUT2D eigenvalue weighted by molar-refractivity contribution is 0.0601. The molecule has 2 rings (SSSR count). The second kappa shape index (κ2) is 6.15. The Labute approximate surface area is 119 Å². The Balaban J connectivity index is 2.00. The number of nitrogens with two attached hydrogens (primary N) is 1. The van der Waals surface area contributed by atoms with Crippen LogP contribution < -0.4 is 11.1 Å². The van der Waals surface area contributed by atoms with Crippen LogP contribution in [0.15, 0.2) is 18.2 Å². The Morgan fingerprint density at radius 2 is 2.40 bits per heavy atom. The van der Waals surface area contributed by atoms with Crippen molar-refractivity contribution in [3.05, 3.63) is 23.8 Å². The van der Waals surface area contributed by atoms with Gasteiger partial charge in [0.2, 0.25) is 0 Å². The van der Waals surface area contributed by atoms with E-state index in [2.05, 4.69) is 10.1 Å². The summed E-state index contributed by atoms with van der Waals surface area (Å²) >= 11 is 0. The van der Waals surface area contributed by atoms with E-state index in [1.807, 2.05) is 4.81 Å². The quantitative estimate of drug-likeness (QED) is 0.416. The molecule has 0 aliphatic carbocycles. The van der Waals surface area contributed by atoms with Gasteiger partial charge in [-0.2, -0.15) is 0 Å². The zero-order valence-electron chi connectivity index (χ0n) is 11.8. The molecule has 20 heavy (non-hydrogen) atoms. The highest BCUT2D eigenvalue weighted by Crippen LogP contribution is 2.23.